The van der Waals surface area contributed by atoms with Gasteiger partial charge in [0.1, 0.15) is 0 Å². The third kappa shape index (κ3) is 5.50. The molecule has 1 aromatic rings. The summed E-state index contributed by atoms with van der Waals surface area (Å²) >= 11 is 0. The van der Waals surface area contributed by atoms with Crippen LogP contribution in [0.15, 0.2) is 30.0 Å². The van der Waals surface area contributed by atoms with Gasteiger partial charge in [0, 0.05) is 17.8 Å². The standard InChI is InChI=1S/C35H56N2O/c1-24(23-38-19-16-26-20-28(36)22-29(37)21-26)8-7-9-25(2)31-13-14-32-30-12-11-27-10-5-6-17-34(27,3)33(30)15-18-35(31,32)4/h20-23,25,27,30-33H,5-19,36-37H2,1-4H3/t25-,27?,30+,31-,32+,33+,34+,35-/m1/s1. The van der Waals surface area contributed by atoms with Crippen LogP contribution >= 0.6 is 0 Å². The Morgan fingerprint density at radius 1 is 0.947 bits per heavy atom. The Labute approximate surface area is 233 Å². The van der Waals surface area contributed by atoms with Gasteiger partial charge in [-0.05, 0) is 147 Å². The molecule has 4 saturated carbocycles. The van der Waals surface area contributed by atoms with E-state index in [-0.39, 0.29) is 0 Å². The van der Waals surface area contributed by atoms with Crippen molar-refractivity contribution in [1.82, 2.24) is 0 Å². The van der Waals surface area contributed by atoms with Crippen LogP contribution in [0.5, 0.6) is 0 Å². The van der Waals surface area contributed by atoms with Crippen LogP contribution in [0.2, 0.25) is 0 Å². The Bertz CT molecular complexity index is 966. The van der Waals surface area contributed by atoms with Crippen molar-refractivity contribution < 1.29 is 4.74 Å². The van der Waals surface area contributed by atoms with Crippen molar-refractivity contribution in [2.45, 2.75) is 118 Å². The molecule has 0 spiro atoms. The Kier molecular flexibility index (Phi) is 8.42. The topological polar surface area (TPSA) is 61.3 Å². The molecule has 212 valence electrons. The van der Waals surface area contributed by atoms with Gasteiger partial charge in [0.15, 0.2) is 0 Å². The lowest BCUT2D eigenvalue weighted by Crippen LogP contribution is -2.53. The average molecular weight is 521 g/mol. The highest BCUT2D eigenvalue weighted by Gasteiger charge is 2.60. The van der Waals surface area contributed by atoms with Gasteiger partial charge < -0.3 is 16.2 Å². The van der Waals surface area contributed by atoms with E-state index in [4.69, 9.17) is 16.2 Å². The van der Waals surface area contributed by atoms with Crippen molar-refractivity contribution in [3.05, 3.63) is 35.6 Å². The SMILES string of the molecule is CC(=COCCc1cc(N)cc(N)c1)CCC[C@@H](C)[C@H]1CC[C@H]2[C@@H]3CCC4CCCC[C@]4(C)[C@H]3CC[C@]12C. The van der Waals surface area contributed by atoms with Crippen LogP contribution in [0.25, 0.3) is 0 Å². The molecule has 4 N–H and O–H groups in total. The van der Waals surface area contributed by atoms with Crippen LogP contribution < -0.4 is 11.5 Å². The first kappa shape index (κ1) is 27.9. The monoisotopic (exact) mass is 520 g/mol. The molecule has 1 unspecified atom stereocenters. The van der Waals surface area contributed by atoms with Gasteiger partial charge in [0.25, 0.3) is 0 Å². The first-order valence-corrected chi connectivity index (χ1v) is 16.1. The van der Waals surface area contributed by atoms with Gasteiger partial charge in [-0.25, -0.2) is 0 Å². The molecule has 0 radical (unpaired) electrons. The lowest BCUT2D eigenvalue weighted by atomic mass is 9.44. The van der Waals surface area contributed by atoms with Crippen LogP contribution in [0, 0.1) is 46.3 Å². The summed E-state index contributed by atoms with van der Waals surface area (Å²) in [5.41, 5.74) is 17.0. The molecule has 4 fully saturated rings. The van der Waals surface area contributed by atoms with Crippen molar-refractivity contribution in [1.29, 1.82) is 0 Å². The number of hydrogen-bond acceptors (Lipinski definition) is 3. The molecule has 5 rings (SSSR count). The molecule has 0 amide bonds. The second-order valence-corrected chi connectivity index (χ2v) is 14.6. The Morgan fingerprint density at radius 3 is 2.50 bits per heavy atom. The summed E-state index contributed by atoms with van der Waals surface area (Å²) in [6.07, 6.45) is 21.7. The third-order valence-electron chi connectivity index (χ3n) is 12.4. The number of fused-ring (bicyclic) bond motifs is 5. The first-order valence-electron chi connectivity index (χ1n) is 16.1. The zero-order chi connectivity index (χ0) is 26.9. The largest absolute Gasteiger partial charge is 0.501 e. The number of allylic oxidation sites excluding steroid dienone is 1. The van der Waals surface area contributed by atoms with E-state index in [1.807, 2.05) is 18.4 Å². The van der Waals surface area contributed by atoms with Crippen molar-refractivity contribution in [2.75, 3.05) is 18.1 Å². The predicted octanol–water partition coefficient (Wildman–Crippen LogP) is 9.17. The number of hydrogen-bond donors (Lipinski definition) is 2. The third-order valence-corrected chi connectivity index (χ3v) is 12.4. The van der Waals surface area contributed by atoms with Crippen LogP contribution in [0.4, 0.5) is 11.4 Å². The maximum Gasteiger partial charge on any atom is 0.0913 e. The second kappa shape index (κ2) is 11.5. The van der Waals surface area contributed by atoms with Gasteiger partial charge >= 0.3 is 0 Å². The minimum atomic E-state index is 0.594. The fourth-order valence-electron chi connectivity index (χ4n) is 10.5. The van der Waals surface area contributed by atoms with E-state index in [1.54, 1.807) is 12.5 Å². The molecule has 1 aromatic carbocycles. The molecule has 0 aromatic heterocycles. The van der Waals surface area contributed by atoms with Crippen LogP contribution in [-0.4, -0.2) is 6.61 Å². The Morgan fingerprint density at radius 2 is 1.71 bits per heavy atom. The molecule has 3 heteroatoms. The van der Waals surface area contributed by atoms with Crippen molar-refractivity contribution >= 4 is 11.4 Å². The molecular weight excluding hydrogens is 464 g/mol. The minimum Gasteiger partial charge on any atom is -0.501 e. The highest BCUT2D eigenvalue weighted by atomic mass is 16.5. The maximum atomic E-state index is 5.91. The van der Waals surface area contributed by atoms with Gasteiger partial charge in [-0.3, -0.25) is 0 Å². The van der Waals surface area contributed by atoms with Gasteiger partial charge in [-0.15, -0.1) is 0 Å². The molecular formula is C35H56N2O. The molecule has 0 heterocycles. The summed E-state index contributed by atoms with van der Waals surface area (Å²) in [6, 6.07) is 5.77. The fraction of sp³-hybridized carbons (Fsp3) is 0.771. The quantitative estimate of drug-likeness (QED) is 0.194. The first-order chi connectivity index (χ1) is 18.2. The Balaban J connectivity index is 1.09. The Hall–Kier alpha value is -1.64. The van der Waals surface area contributed by atoms with Gasteiger partial charge in [-0.2, -0.15) is 0 Å². The summed E-state index contributed by atoms with van der Waals surface area (Å²) in [6.45, 7) is 10.9. The van der Waals surface area contributed by atoms with E-state index in [2.05, 4.69) is 27.7 Å². The number of ether oxygens (including phenoxy) is 1. The summed E-state index contributed by atoms with van der Waals surface area (Å²) in [5.74, 6) is 5.85. The fourth-order valence-corrected chi connectivity index (χ4v) is 10.5. The number of rotatable bonds is 9. The molecule has 8 atom stereocenters. The second-order valence-electron chi connectivity index (χ2n) is 14.6. The van der Waals surface area contributed by atoms with E-state index in [0.29, 0.717) is 17.4 Å². The lowest BCUT2D eigenvalue weighted by molar-refractivity contribution is -0.114. The summed E-state index contributed by atoms with van der Waals surface area (Å²) in [7, 11) is 0. The van der Waals surface area contributed by atoms with E-state index >= 15 is 0 Å². The van der Waals surface area contributed by atoms with Crippen molar-refractivity contribution in [3.63, 3.8) is 0 Å². The van der Waals surface area contributed by atoms with Crippen LogP contribution in [-0.2, 0) is 11.2 Å². The number of nitrogen functional groups attached to an aromatic ring is 2. The highest BCUT2D eigenvalue weighted by Crippen LogP contribution is 2.68. The zero-order valence-electron chi connectivity index (χ0n) is 24.9. The number of benzene rings is 1. The predicted molar refractivity (Wildman–Crippen MR) is 162 cm³/mol. The smallest absolute Gasteiger partial charge is 0.0913 e. The normalized spacial score (nSPS) is 37.7. The summed E-state index contributed by atoms with van der Waals surface area (Å²) in [5, 5.41) is 0. The maximum absolute atomic E-state index is 5.91. The lowest BCUT2D eigenvalue weighted by Gasteiger charge is -2.61. The highest BCUT2D eigenvalue weighted by molar-refractivity contribution is 5.54. The summed E-state index contributed by atoms with van der Waals surface area (Å²) < 4.78 is 5.88. The van der Waals surface area contributed by atoms with Crippen LogP contribution in [0.3, 0.4) is 0 Å². The van der Waals surface area contributed by atoms with Crippen LogP contribution in [0.1, 0.15) is 117 Å². The van der Waals surface area contributed by atoms with E-state index in [9.17, 15) is 0 Å². The van der Waals surface area contributed by atoms with Gasteiger partial charge in [0.2, 0.25) is 0 Å². The summed E-state index contributed by atoms with van der Waals surface area (Å²) in [4.78, 5) is 0. The molecule has 38 heavy (non-hydrogen) atoms. The van der Waals surface area contributed by atoms with Gasteiger partial charge in [-0.1, -0.05) is 40.0 Å². The van der Waals surface area contributed by atoms with Crippen molar-refractivity contribution in [3.8, 4) is 0 Å². The molecule has 0 bridgehead atoms. The van der Waals surface area contributed by atoms with E-state index in [0.717, 1.165) is 65.3 Å². The molecule has 4 aliphatic carbocycles. The molecule has 4 aliphatic rings. The minimum absolute atomic E-state index is 0.594. The average Bonchev–Trinajstić information content (AvgIpc) is 3.23. The molecule has 0 aliphatic heterocycles. The number of nitrogens with two attached hydrogens (primary N) is 2. The van der Waals surface area contributed by atoms with E-state index < -0.39 is 0 Å². The molecule has 3 nitrogen and oxygen atoms in total. The van der Waals surface area contributed by atoms with Gasteiger partial charge in [0.05, 0.1) is 12.9 Å². The number of anilines is 2. The zero-order valence-corrected chi connectivity index (χ0v) is 24.9. The van der Waals surface area contributed by atoms with E-state index in [1.165, 1.54) is 76.2 Å². The van der Waals surface area contributed by atoms with Crippen molar-refractivity contribution in [2.24, 2.45) is 46.3 Å². The molecule has 0 saturated heterocycles.